The summed E-state index contributed by atoms with van der Waals surface area (Å²) in [6.07, 6.45) is 2.18. The van der Waals surface area contributed by atoms with E-state index in [-0.39, 0.29) is 17.3 Å². The van der Waals surface area contributed by atoms with Crippen LogP contribution in [-0.4, -0.2) is 33.3 Å². The van der Waals surface area contributed by atoms with Crippen molar-refractivity contribution >= 4 is 17.6 Å². The van der Waals surface area contributed by atoms with E-state index in [9.17, 15) is 9.59 Å². The molecular formula is C10H16N4O3. The highest BCUT2D eigenvalue weighted by Crippen LogP contribution is 2.13. The van der Waals surface area contributed by atoms with Crippen molar-refractivity contribution in [2.24, 2.45) is 0 Å². The van der Waals surface area contributed by atoms with Crippen LogP contribution in [0.15, 0.2) is 6.20 Å². The van der Waals surface area contributed by atoms with Crippen LogP contribution in [0.1, 0.15) is 36.8 Å². The molecule has 0 saturated carbocycles. The van der Waals surface area contributed by atoms with Gasteiger partial charge in [0.15, 0.2) is 5.69 Å². The van der Waals surface area contributed by atoms with Crippen molar-refractivity contribution in [3.8, 4) is 0 Å². The van der Waals surface area contributed by atoms with Gasteiger partial charge in [-0.2, -0.15) is 5.10 Å². The number of nitrogen functional groups attached to an aromatic ring is 1. The molecule has 1 aromatic heterocycles. The van der Waals surface area contributed by atoms with Gasteiger partial charge in [0.25, 0.3) is 0 Å². The van der Waals surface area contributed by atoms with Gasteiger partial charge in [-0.3, -0.25) is 9.48 Å². The summed E-state index contributed by atoms with van der Waals surface area (Å²) in [5.74, 6) is -1.42. The minimum Gasteiger partial charge on any atom is -0.476 e. The van der Waals surface area contributed by atoms with Crippen LogP contribution in [0.25, 0.3) is 0 Å². The Morgan fingerprint density at radius 2 is 2.29 bits per heavy atom. The molecule has 1 aromatic rings. The van der Waals surface area contributed by atoms with Gasteiger partial charge >= 0.3 is 5.97 Å². The van der Waals surface area contributed by atoms with Gasteiger partial charge < -0.3 is 16.2 Å². The number of aromatic carboxylic acids is 1. The molecule has 1 unspecified atom stereocenters. The number of rotatable bonds is 5. The van der Waals surface area contributed by atoms with Gasteiger partial charge in [0, 0.05) is 12.7 Å². The smallest absolute Gasteiger partial charge is 0.358 e. The number of aromatic nitrogens is 2. The van der Waals surface area contributed by atoms with Gasteiger partial charge in [0.2, 0.25) is 5.91 Å². The van der Waals surface area contributed by atoms with Gasteiger partial charge in [-0.1, -0.05) is 6.92 Å². The fraction of sp³-hybridized carbons (Fsp3) is 0.500. The Morgan fingerprint density at radius 1 is 1.65 bits per heavy atom. The predicted octanol–water partition coefficient (Wildman–Crippen LogP) is 0.251. The lowest BCUT2D eigenvalue weighted by Crippen LogP contribution is -2.31. The Morgan fingerprint density at radius 3 is 2.76 bits per heavy atom. The molecule has 17 heavy (non-hydrogen) atoms. The Hall–Kier alpha value is -2.05. The third-order valence-electron chi connectivity index (χ3n) is 2.29. The van der Waals surface area contributed by atoms with E-state index >= 15 is 0 Å². The van der Waals surface area contributed by atoms with Crippen LogP contribution in [0.5, 0.6) is 0 Å². The number of nitrogens with zero attached hydrogens (tertiary/aromatic N) is 2. The van der Waals surface area contributed by atoms with Crippen molar-refractivity contribution in [3.05, 3.63) is 11.9 Å². The molecule has 1 heterocycles. The van der Waals surface area contributed by atoms with E-state index in [4.69, 9.17) is 10.8 Å². The first-order chi connectivity index (χ1) is 7.97. The van der Waals surface area contributed by atoms with Crippen molar-refractivity contribution in [1.29, 1.82) is 0 Å². The summed E-state index contributed by atoms with van der Waals surface area (Å²) in [4.78, 5) is 22.4. The molecule has 0 aliphatic heterocycles. The molecule has 0 saturated heterocycles. The van der Waals surface area contributed by atoms with Crippen LogP contribution in [-0.2, 0) is 4.79 Å². The standard InChI is InChI=1S/C10H16N4O3/c1-3-4-12-9(15)6(2)14-5-7(11)8(13-14)10(16)17/h5-6H,3-4,11H2,1-2H3,(H,12,15)(H,16,17). The van der Waals surface area contributed by atoms with Crippen molar-refractivity contribution < 1.29 is 14.7 Å². The minimum absolute atomic E-state index is 0.0487. The molecule has 7 heteroatoms. The normalized spacial score (nSPS) is 12.1. The molecule has 1 atom stereocenters. The molecule has 4 N–H and O–H groups in total. The number of hydrogen-bond acceptors (Lipinski definition) is 4. The molecule has 0 aliphatic rings. The average molecular weight is 240 g/mol. The van der Waals surface area contributed by atoms with Crippen LogP contribution in [0, 0.1) is 0 Å². The predicted molar refractivity (Wildman–Crippen MR) is 61.6 cm³/mol. The summed E-state index contributed by atoms with van der Waals surface area (Å²) in [5, 5.41) is 15.3. The number of amides is 1. The second-order valence-electron chi connectivity index (χ2n) is 3.69. The fourth-order valence-corrected chi connectivity index (χ4v) is 1.29. The molecule has 0 radical (unpaired) electrons. The number of nitrogens with one attached hydrogen (secondary N) is 1. The number of carboxylic acids is 1. The average Bonchev–Trinajstić information content (AvgIpc) is 2.67. The number of nitrogens with two attached hydrogens (primary N) is 1. The number of anilines is 1. The zero-order valence-corrected chi connectivity index (χ0v) is 9.80. The highest BCUT2D eigenvalue weighted by Gasteiger charge is 2.20. The minimum atomic E-state index is -1.21. The zero-order valence-electron chi connectivity index (χ0n) is 9.80. The topological polar surface area (TPSA) is 110 Å². The van der Waals surface area contributed by atoms with Crippen molar-refractivity contribution in [1.82, 2.24) is 15.1 Å². The first-order valence-corrected chi connectivity index (χ1v) is 5.33. The fourth-order valence-electron chi connectivity index (χ4n) is 1.29. The molecule has 1 amide bonds. The second kappa shape index (κ2) is 5.33. The first-order valence-electron chi connectivity index (χ1n) is 5.33. The molecule has 7 nitrogen and oxygen atoms in total. The number of carbonyl (C=O) groups is 2. The first kappa shape index (κ1) is 13.0. The summed E-state index contributed by atoms with van der Waals surface area (Å²) in [6, 6.07) is -0.586. The maximum atomic E-state index is 11.6. The largest absolute Gasteiger partial charge is 0.476 e. The second-order valence-corrected chi connectivity index (χ2v) is 3.69. The van der Waals surface area contributed by atoms with Gasteiger partial charge in [0.1, 0.15) is 6.04 Å². The molecule has 1 rings (SSSR count). The van der Waals surface area contributed by atoms with E-state index in [1.54, 1.807) is 6.92 Å². The highest BCUT2D eigenvalue weighted by atomic mass is 16.4. The van der Waals surface area contributed by atoms with Crippen molar-refractivity contribution in [3.63, 3.8) is 0 Å². The van der Waals surface area contributed by atoms with Crippen molar-refractivity contribution in [2.45, 2.75) is 26.3 Å². The lowest BCUT2D eigenvalue weighted by molar-refractivity contribution is -0.124. The Balaban J connectivity index is 2.82. The Kier molecular flexibility index (Phi) is 4.08. The lowest BCUT2D eigenvalue weighted by atomic mass is 10.3. The summed E-state index contributed by atoms with van der Waals surface area (Å²) in [6.45, 7) is 4.15. The summed E-state index contributed by atoms with van der Waals surface area (Å²) in [5.41, 5.74) is 5.30. The molecule has 0 aliphatic carbocycles. The quantitative estimate of drug-likeness (QED) is 0.683. The Labute approximate surface area is 98.6 Å². The third-order valence-corrected chi connectivity index (χ3v) is 2.29. The maximum absolute atomic E-state index is 11.6. The molecular weight excluding hydrogens is 224 g/mol. The van der Waals surface area contributed by atoms with Gasteiger partial charge in [0.05, 0.1) is 5.69 Å². The van der Waals surface area contributed by atoms with Crippen LogP contribution >= 0.6 is 0 Å². The zero-order chi connectivity index (χ0) is 13.0. The summed E-state index contributed by atoms with van der Waals surface area (Å²) >= 11 is 0. The van der Waals surface area contributed by atoms with Crippen LogP contribution in [0.4, 0.5) is 5.69 Å². The Bertz CT molecular complexity index is 427. The van der Waals surface area contributed by atoms with Crippen LogP contribution in [0.2, 0.25) is 0 Å². The maximum Gasteiger partial charge on any atom is 0.358 e. The van der Waals surface area contributed by atoms with E-state index < -0.39 is 12.0 Å². The van der Waals surface area contributed by atoms with E-state index in [0.717, 1.165) is 6.42 Å². The molecule has 94 valence electrons. The van der Waals surface area contributed by atoms with E-state index in [0.29, 0.717) is 6.54 Å². The van der Waals surface area contributed by atoms with E-state index in [1.165, 1.54) is 10.9 Å². The van der Waals surface area contributed by atoms with Gasteiger partial charge in [-0.15, -0.1) is 0 Å². The third kappa shape index (κ3) is 2.96. The van der Waals surface area contributed by atoms with Crippen LogP contribution < -0.4 is 11.1 Å². The monoisotopic (exact) mass is 240 g/mol. The number of hydrogen-bond donors (Lipinski definition) is 3. The number of carbonyl (C=O) groups excluding carboxylic acids is 1. The summed E-state index contributed by atoms with van der Waals surface area (Å²) < 4.78 is 1.25. The van der Waals surface area contributed by atoms with Crippen molar-refractivity contribution in [2.75, 3.05) is 12.3 Å². The summed E-state index contributed by atoms with van der Waals surface area (Å²) in [7, 11) is 0. The molecule has 0 fully saturated rings. The van der Waals surface area contributed by atoms with E-state index in [1.807, 2.05) is 6.92 Å². The molecule has 0 bridgehead atoms. The molecule has 0 spiro atoms. The van der Waals surface area contributed by atoms with Gasteiger partial charge in [-0.25, -0.2) is 4.79 Å². The SMILES string of the molecule is CCCNC(=O)C(C)n1cc(N)c(C(=O)O)n1. The van der Waals surface area contributed by atoms with E-state index in [2.05, 4.69) is 10.4 Å². The van der Waals surface area contributed by atoms with Crippen LogP contribution in [0.3, 0.4) is 0 Å². The highest BCUT2D eigenvalue weighted by molar-refractivity contribution is 5.91. The molecule has 0 aromatic carbocycles. The lowest BCUT2D eigenvalue weighted by Gasteiger charge is -2.11. The van der Waals surface area contributed by atoms with Gasteiger partial charge in [-0.05, 0) is 13.3 Å². The number of carboxylic acid groups (broad SMARTS) is 1.